The smallest absolute Gasteiger partial charge is 0.244 e. The minimum Gasteiger partial charge on any atom is -0.392 e. The summed E-state index contributed by atoms with van der Waals surface area (Å²) in [6.45, 7) is 0.550. The van der Waals surface area contributed by atoms with Crippen LogP contribution in [0.15, 0.2) is 35.1 Å². The number of nitrogens with zero attached hydrogens (tertiary/aromatic N) is 4. The maximum absolute atomic E-state index is 9.54. The van der Waals surface area contributed by atoms with Gasteiger partial charge in [-0.05, 0) is 24.6 Å². The zero-order valence-electron chi connectivity index (χ0n) is 11.1. The fourth-order valence-electron chi connectivity index (χ4n) is 2.50. The van der Waals surface area contributed by atoms with Crippen LogP contribution in [0.5, 0.6) is 0 Å². The average molecular weight is 283 g/mol. The van der Waals surface area contributed by atoms with E-state index in [1.807, 2.05) is 18.2 Å². The average Bonchev–Trinajstić information content (AvgIpc) is 3.15. The van der Waals surface area contributed by atoms with Crippen molar-refractivity contribution >= 4 is 11.0 Å². The molecule has 2 aromatic heterocycles. The molecule has 1 aromatic carbocycles. The maximum atomic E-state index is 9.54. The van der Waals surface area contributed by atoms with Gasteiger partial charge in [-0.2, -0.15) is 4.98 Å². The lowest BCUT2D eigenvalue weighted by atomic mass is 10.2. The summed E-state index contributed by atoms with van der Waals surface area (Å²) in [5.41, 5.74) is 2.44. The lowest BCUT2D eigenvalue weighted by Gasteiger charge is -2.01. The minimum atomic E-state index is -0.360. The minimum absolute atomic E-state index is 0.0819. The van der Waals surface area contributed by atoms with Gasteiger partial charge in [0.05, 0.1) is 23.2 Å². The maximum Gasteiger partial charge on any atom is 0.244 e. The molecular weight excluding hydrogens is 270 g/mol. The number of aromatic nitrogens is 4. The van der Waals surface area contributed by atoms with E-state index in [-0.39, 0.29) is 12.1 Å². The first-order valence-corrected chi connectivity index (χ1v) is 6.76. The highest BCUT2D eigenvalue weighted by molar-refractivity contribution is 5.79. The highest BCUT2D eigenvalue weighted by Crippen LogP contribution is 2.25. The number of hydrogen-bond acceptors (Lipinski definition) is 7. The monoisotopic (exact) mass is 283 g/mol. The number of fused-ring (bicyclic) bond motifs is 1. The van der Waals surface area contributed by atoms with Gasteiger partial charge in [-0.25, -0.2) is 0 Å². The summed E-state index contributed by atoms with van der Waals surface area (Å²) in [6, 6.07) is 5.57. The molecule has 0 unspecified atom stereocenters. The number of benzene rings is 1. The molecule has 0 radical (unpaired) electrons. The van der Waals surface area contributed by atoms with Crippen LogP contribution in [0.2, 0.25) is 0 Å². The predicted octanol–water partition coefficient (Wildman–Crippen LogP) is 1.08. The van der Waals surface area contributed by atoms with E-state index in [0.29, 0.717) is 24.7 Å². The van der Waals surface area contributed by atoms with Crippen molar-refractivity contribution in [1.29, 1.82) is 0 Å². The van der Waals surface area contributed by atoms with Crippen LogP contribution < -0.4 is 5.32 Å². The molecule has 0 amide bonds. The van der Waals surface area contributed by atoms with Crippen molar-refractivity contribution in [1.82, 2.24) is 25.4 Å². The normalized spacial score (nSPS) is 22.0. The lowest BCUT2D eigenvalue weighted by molar-refractivity contribution is 0.191. The number of aliphatic hydroxyl groups excluding tert-OH is 1. The van der Waals surface area contributed by atoms with Gasteiger partial charge in [-0.1, -0.05) is 5.16 Å². The SMILES string of the molecule is O[C@H]1CN[C@@H](c2nc(-c3ccc4nccnc4c3)no2)C1. The van der Waals surface area contributed by atoms with Crippen molar-refractivity contribution < 1.29 is 9.63 Å². The van der Waals surface area contributed by atoms with Crippen molar-refractivity contribution in [2.24, 2.45) is 0 Å². The highest BCUT2D eigenvalue weighted by Gasteiger charge is 2.28. The fraction of sp³-hybridized carbons (Fsp3) is 0.286. The van der Waals surface area contributed by atoms with E-state index < -0.39 is 0 Å². The molecule has 3 aromatic rings. The third-order valence-corrected chi connectivity index (χ3v) is 3.58. The summed E-state index contributed by atoms with van der Waals surface area (Å²) >= 11 is 0. The Kier molecular flexibility index (Phi) is 2.87. The summed E-state index contributed by atoms with van der Waals surface area (Å²) in [6.07, 6.45) is 3.54. The summed E-state index contributed by atoms with van der Waals surface area (Å²) in [5.74, 6) is 1.02. The molecule has 4 rings (SSSR count). The Morgan fingerprint density at radius 1 is 1.19 bits per heavy atom. The molecule has 7 heteroatoms. The van der Waals surface area contributed by atoms with Crippen LogP contribution in [-0.2, 0) is 0 Å². The molecule has 7 nitrogen and oxygen atoms in total. The first kappa shape index (κ1) is 12.4. The van der Waals surface area contributed by atoms with Gasteiger partial charge in [0.25, 0.3) is 0 Å². The van der Waals surface area contributed by atoms with E-state index >= 15 is 0 Å². The van der Waals surface area contributed by atoms with E-state index in [1.54, 1.807) is 12.4 Å². The molecule has 1 fully saturated rings. The Hall–Kier alpha value is -2.38. The molecule has 0 aliphatic carbocycles. The van der Waals surface area contributed by atoms with E-state index in [2.05, 4.69) is 25.4 Å². The molecule has 0 bridgehead atoms. The Morgan fingerprint density at radius 3 is 2.86 bits per heavy atom. The van der Waals surface area contributed by atoms with Gasteiger partial charge in [0.1, 0.15) is 0 Å². The first-order chi connectivity index (χ1) is 10.3. The topological polar surface area (TPSA) is 97.0 Å². The van der Waals surface area contributed by atoms with Gasteiger partial charge in [0.15, 0.2) is 0 Å². The van der Waals surface area contributed by atoms with Gasteiger partial charge in [0.2, 0.25) is 11.7 Å². The summed E-state index contributed by atoms with van der Waals surface area (Å²) < 4.78 is 5.29. The lowest BCUT2D eigenvalue weighted by Crippen LogP contribution is -2.15. The number of hydrogen-bond donors (Lipinski definition) is 2. The largest absolute Gasteiger partial charge is 0.392 e. The van der Waals surface area contributed by atoms with E-state index in [1.165, 1.54) is 0 Å². The molecule has 2 N–H and O–H groups in total. The van der Waals surface area contributed by atoms with Gasteiger partial charge in [0, 0.05) is 24.5 Å². The van der Waals surface area contributed by atoms with Crippen LogP contribution in [0.25, 0.3) is 22.4 Å². The molecule has 1 saturated heterocycles. The zero-order chi connectivity index (χ0) is 14.2. The predicted molar refractivity (Wildman–Crippen MR) is 74.2 cm³/mol. The van der Waals surface area contributed by atoms with Crippen LogP contribution in [0.1, 0.15) is 18.4 Å². The molecule has 0 saturated carbocycles. The van der Waals surface area contributed by atoms with Crippen LogP contribution >= 0.6 is 0 Å². The summed E-state index contributed by atoms with van der Waals surface area (Å²) in [7, 11) is 0. The Morgan fingerprint density at radius 2 is 2.05 bits per heavy atom. The fourth-order valence-corrected chi connectivity index (χ4v) is 2.50. The van der Waals surface area contributed by atoms with Crippen LogP contribution in [0.3, 0.4) is 0 Å². The third kappa shape index (κ3) is 2.26. The van der Waals surface area contributed by atoms with Crippen molar-refractivity contribution in [3.05, 3.63) is 36.5 Å². The molecule has 21 heavy (non-hydrogen) atoms. The van der Waals surface area contributed by atoms with Crippen molar-refractivity contribution in [3.8, 4) is 11.4 Å². The molecule has 3 heterocycles. The number of nitrogens with one attached hydrogen (secondary N) is 1. The summed E-state index contributed by atoms with van der Waals surface area (Å²) in [5, 5.41) is 16.7. The standard InChI is InChI=1S/C14H13N5O2/c20-9-6-12(17-7-9)14-18-13(19-21-14)8-1-2-10-11(5-8)16-4-3-15-10/h1-5,9,12,17,20H,6-7H2/t9-,12-/m1/s1. The van der Waals surface area contributed by atoms with Gasteiger partial charge < -0.3 is 14.9 Å². The van der Waals surface area contributed by atoms with E-state index in [9.17, 15) is 5.11 Å². The second-order valence-electron chi connectivity index (χ2n) is 5.07. The molecular formula is C14H13N5O2. The van der Waals surface area contributed by atoms with E-state index in [4.69, 9.17) is 4.52 Å². The Bertz CT molecular complexity index is 788. The van der Waals surface area contributed by atoms with Gasteiger partial charge >= 0.3 is 0 Å². The first-order valence-electron chi connectivity index (χ1n) is 6.76. The molecule has 0 spiro atoms. The molecule has 1 aliphatic rings. The second-order valence-corrected chi connectivity index (χ2v) is 5.07. The Balaban J connectivity index is 1.67. The second kappa shape index (κ2) is 4.87. The van der Waals surface area contributed by atoms with E-state index in [0.717, 1.165) is 16.6 Å². The molecule has 1 aliphatic heterocycles. The zero-order valence-corrected chi connectivity index (χ0v) is 11.1. The van der Waals surface area contributed by atoms with Crippen molar-refractivity contribution in [2.45, 2.75) is 18.6 Å². The number of β-amino-alcohol motifs (C(OH)–C–C–N with tert-alkyl or cyclic N) is 1. The van der Waals surface area contributed by atoms with Crippen LogP contribution in [-0.4, -0.2) is 37.9 Å². The highest BCUT2D eigenvalue weighted by atomic mass is 16.5. The van der Waals surface area contributed by atoms with Crippen molar-refractivity contribution in [2.75, 3.05) is 6.54 Å². The van der Waals surface area contributed by atoms with Crippen molar-refractivity contribution in [3.63, 3.8) is 0 Å². The van der Waals surface area contributed by atoms with Gasteiger partial charge in [-0.3, -0.25) is 9.97 Å². The molecule has 106 valence electrons. The molecule has 2 atom stereocenters. The van der Waals surface area contributed by atoms with Crippen LogP contribution in [0, 0.1) is 0 Å². The summed E-state index contributed by atoms with van der Waals surface area (Å²) in [4.78, 5) is 12.9. The number of aliphatic hydroxyl groups is 1. The van der Waals surface area contributed by atoms with Crippen LogP contribution in [0.4, 0.5) is 0 Å². The third-order valence-electron chi connectivity index (χ3n) is 3.58. The quantitative estimate of drug-likeness (QED) is 0.726. The van der Waals surface area contributed by atoms with Gasteiger partial charge in [-0.15, -0.1) is 0 Å². The number of rotatable bonds is 2. The Labute approximate surface area is 120 Å².